The third-order valence-corrected chi connectivity index (χ3v) is 3.93. The summed E-state index contributed by atoms with van der Waals surface area (Å²) in [4.78, 5) is 12.5. The molecule has 0 aliphatic carbocycles. The van der Waals surface area contributed by atoms with Gasteiger partial charge in [0.2, 0.25) is 0 Å². The summed E-state index contributed by atoms with van der Waals surface area (Å²) >= 11 is 0. The SMILES string of the molecule is COc1ccc(C)cc1NC(=O)[C@H](C)[NH2+][C@@H](C)c1ccccc1. The molecule has 2 atom stereocenters. The van der Waals surface area contributed by atoms with Crippen LogP contribution in [0.5, 0.6) is 5.75 Å². The first-order chi connectivity index (χ1) is 11.0. The summed E-state index contributed by atoms with van der Waals surface area (Å²) in [7, 11) is 1.60. The highest BCUT2D eigenvalue weighted by molar-refractivity contribution is 5.95. The van der Waals surface area contributed by atoms with Gasteiger partial charge in [0, 0.05) is 5.56 Å². The Kier molecular flexibility index (Phi) is 5.77. The minimum atomic E-state index is -0.199. The van der Waals surface area contributed by atoms with Crippen molar-refractivity contribution in [2.75, 3.05) is 12.4 Å². The van der Waals surface area contributed by atoms with E-state index in [0.717, 1.165) is 5.56 Å². The van der Waals surface area contributed by atoms with Crippen LogP contribution in [0, 0.1) is 6.92 Å². The fraction of sp³-hybridized carbons (Fsp3) is 0.316. The molecule has 23 heavy (non-hydrogen) atoms. The van der Waals surface area contributed by atoms with E-state index < -0.39 is 0 Å². The molecule has 0 radical (unpaired) electrons. The van der Waals surface area contributed by atoms with E-state index in [2.05, 4.69) is 29.7 Å². The number of amides is 1. The van der Waals surface area contributed by atoms with Crippen LogP contribution in [0.25, 0.3) is 0 Å². The lowest BCUT2D eigenvalue weighted by molar-refractivity contribution is -0.709. The molecule has 0 fully saturated rings. The lowest BCUT2D eigenvalue weighted by Crippen LogP contribution is -2.91. The molecule has 0 saturated carbocycles. The zero-order chi connectivity index (χ0) is 16.8. The number of benzene rings is 2. The van der Waals surface area contributed by atoms with Gasteiger partial charge in [-0.2, -0.15) is 0 Å². The third kappa shape index (κ3) is 4.57. The molecule has 0 aliphatic rings. The highest BCUT2D eigenvalue weighted by Gasteiger charge is 2.21. The maximum absolute atomic E-state index is 12.5. The van der Waals surface area contributed by atoms with Gasteiger partial charge in [0.05, 0.1) is 12.8 Å². The van der Waals surface area contributed by atoms with Gasteiger partial charge in [-0.3, -0.25) is 4.79 Å². The molecule has 0 aliphatic heterocycles. The van der Waals surface area contributed by atoms with Crippen molar-refractivity contribution in [2.45, 2.75) is 32.9 Å². The van der Waals surface area contributed by atoms with Crippen molar-refractivity contribution in [1.82, 2.24) is 0 Å². The lowest BCUT2D eigenvalue weighted by Gasteiger charge is -2.18. The minimum Gasteiger partial charge on any atom is -0.495 e. The van der Waals surface area contributed by atoms with Crippen LogP contribution >= 0.6 is 0 Å². The predicted octanol–water partition coefficient (Wildman–Crippen LogP) is 2.66. The van der Waals surface area contributed by atoms with Crippen LogP contribution in [0.2, 0.25) is 0 Å². The molecule has 0 saturated heterocycles. The number of rotatable bonds is 6. The van der Waals surface area contributed by atoms with Crippen molar-refractivity contribution in [3.8, 4) is 5.75 Å². The highest BCUT2D eigenvalue weighted by atomic mass is 16.5. The van der Waals surface area contributed by atoms with E-state index in [1.54, 1.807) is 7.11 Å². The second-order valence-electron chi connectivity index (χ2n) is 5.87. The molecule has 0 unspecified atom stereocenters. The number of methoxy groups -OCH3 is 1. The van der Waals surface area contributed by atoms with Crippen LogP contribution in [-0.2, 0) is 4.79 Å². The van der Waals surface area contributed by atoms with E-state index in [0.29, 0.717) is 11.4 Å². The van der Waals surface area contributed by atoms with Crippen LogP contribution in [0.15, 0.2) is 48.5 Å². The first kappa shape index (κ1) is 17.0. The summed E-state index contributed by atoms with van der Waals surface area (Å²) in [5.41, 5.74) is 3.00. The first-order valence-electron chi connectivity index (χ1n) is 7.86. The van der Waals surface area contributed by atoms with Crippen LogP contribution in [-0.4, -0.2) is 19.1 Å². The molecule has 1 amide bonds. The topological polar surface area (TPSA) is 54.9 Å². The van der Waals surface area contributed by atoms with E-state index in [-0.39, 0.29) is 18.0 Å². The zero-order valence-corrected chi connectivity index (χ0v) is 14.2. The normalized spacial score (nSPS) is 13.2. The average molecular weight is 313 g/mol. The number of hydrogen-bond donors (Lipinski definition) is 2. The molecular formula is C19H25N2O2+. The van der Waals surface area contributed by atoms with Crippen molar-refractivity contribution in [1.29, 1.82) is 0 Å². The van der Waals surface area contributed by atoms with Crippen molar-refractivity contribution < 1.29 is 14.8 Å². The van der Waals surface area contributed by atoms with Gasteiger partial charge < -0.3 is 15.4 Å². The van der Waals surface area contributed by atoms with Gasteiger partial charge in [0.1, 0.15) is 11.8 Å². The van der Waals surface area contributed by atoms with Crippen molar-refractivity contribution in [3.63, 3.8) is 0 Å². The van der Waals surface area contributed by atoms with Gasteiger partial charge in [-0.25, -0.2) is 0 Å². The molecule has 0 aromatic heterocycles. The van der Waals surface area contributed by atoms with Crippen LogP contribution in [0.1, 0.15) is 31.0 Å². The number of hydrogen-bond acceptors (Lipinski definition) is 2. The first-order valence-corrected chi connectivity index (χ1v) is 7.86. The molecule has 4 nitrogen and oxygen atoms in total. The number of nitrogens with one attached hydrogen (secondary N) is 1. The zero-order valence-electron chi connectivity index (χ0n) is 14.2. The summed E-state index contributed by atoms with van der Waals surface area (Å²) in [5, 5.41) is 5.03. The Morgan fingerprint density at radius 1 is 1.13 bits per heavy atom. The maximum atomic E-state index is 12.5. The number of aryl methyl sites for hydroxylation is 1. The largest absolute Gasteiger partial charge is 0.495 e. The molecule has 122 valence electrons. The Morgan fingerprint density at radius 3 is 2.48 bits per heavy atom. The van der Waals surface area contributed by atoms with Gasteiger partial charge in [0.15, 0.2) is 6.04 Å². The Bertz CT molecular complexity index is 656. The number of nitrogens with two attached hydrogens (primary N) is 1. The van der Waals surface area contributed by atoms with Gasteiger partial charge in [-0.15, -0.1) is 0 Å². The Balaban J connectivity index is 2.02. The lowest BCUT2D eigenvalue weighted by atomic mass is 10.1. The Labute approximate surface area is 137 Å². The quantitative estimate of drug-likeness (QED) is 0.861. The summed E-state index contributed by atoms with van der Waals surface area (Å²) in [5.74, 6) is 0.643. The van der Waals surface area contributed by atoms with Crippen molar-refractivity contribution in [3.05, 3.63) is 59.7 Å². The van der Waals surface area contributed by atoms with E-state index in [1.807, 2.05) is 50.2 Å². The van der Waals surface area contributed by atoms with Crippen molar-refractivity contribution in [2.24, 2.45) is 0 Å². The Hall–Kier alpha value is -2.33. The van der Waals surface area contributed by atoms with Crippen LogP contribution < -0.4 is 15.4 Å². The number of anilines is 1. The number of quaternary nitrogens is 1. The van der Waals surface area contributed by atoms with E-state index in [9.17, 15) is 4.79 Å². The third-order valence-electron chi connectivity index (χ3n) is 3.93. The summed E-state index contributed by atoms with van der Waals surface area (Å²) in [6.07, 6.45) is 0. The molecule has 2 rings (SSSR count). The van der Waals surface area contributed by atoms with Gasteiger partial charge in [0.25, 0.3) is 5.91 Å². The van der Waals surface area contributed by atoms with Crippen LogP contribution in [0.4, 0.5) is 5.69 Å². The van der Waals surface area contributed by atoms with Gasteiger partial charge in [-0.05, 0) is 38.5 Å². The van der Waals surface area contributed by atoms with E-state index in [4.69, 9.17) is 4.74 Å². The number of carbonyl (C=O) groups is 1. The molecule has 0 spiro atoms. The van der Waals surface area contributed by atoms with E-state index in [1.165, 1.54) is 5.56 Å². The molecule has 2 aromatic rings. The fourth-order valence-corrected chi connectivity index (χ4v) is 2.55. The second-order valence-corrected chi connectivity index (χ2v) is 5.87. The van der Waals surface area contributed by atoms with Crippen molar-refractivity contribution >= 4 is 11.6 Å². The van der Waals surface area contributed by atoms with E-state index >= 15 is 0 Å². The predicted molar refractivity (Wildman–Crippen MR) is 92.6 cm³/mol. The smallest absolute Gasteiger partial charge is 0.282 e. The van der Waals surface area contributed by atoms with Gasteiger partial charge >= 0.3 is 0 Å². The summed E-state index contributed by atoms with van der Waals surface area (Å²) in [6.45, 7) is 6.01. The number of carbonyl (C=O) groups excluding carboxylic acids is 1. The Morgan fingerprint density at radius 2 is 1.83 bits per heavy atom. The van der Waals surface area contributed by atoms with Gasteiger partial charge in [-0.1, -0.05) is 36.4 Å². The fourth-order valence-electron chi connectivity index (χ4n) is 2.55. The molecule has 2 aromatic carbocycles. The maximum Gasteiger partial charge on any atom is 0.282 e. The number of ether oxygens (including phenoxy) is 1. The standard InChI is InChI=1S/C19H24N2O2/c1-13-10-11-18(23-4)17(12-13)21-19(22)15(3)20-14(2)16-8-6-5-7-9-16/h5-12,14-15,20H,1-4H3,(H,21,22)/p+1/t14-,15-/m0/s1. The monoisotopic (exact) mass is 313 g/mol. The summed E-state index contributed by atoms with van der Waals surface area (Å²) in [6, 6.07) is 16.0. The molecule has 0 heterocycles. The molecule has 3 N–H and O–H groups in total. The highest BCUT2D eigenvalue weighted by Crippen LogP contribution is 2.25. The minimum absolute atomic E-state index is 0.0309. The molecular weight excluding hydrogens is 288 g/mol. The molecule has 4 heteroatoms. The molecule has 0 bridgehead atoms. The second kappa shape index (κ2) is 7.79. The van der Waals surface area contributed by atoms with Crippen LogP contribution in [0.3, 0.4) is 0 Å². The summed E-state index contributed by atoms with van der Waals surface area (Å²) < 4.78 is 5.31. The average Bonchev–Trinajstić information content (AvgIpc) is 2.55.